The van der Waals surface area contributed by atoms with Crippen LogP contribution in [0.15, 0.2) is 0 Å². The van der Waals surface area contributed by atoms with Crippen molar-refractivity contribution in [2.24, 2.45) is 5.92 Å². The molecule has 2 heteroatoms. The molecular weight excluding hydrogens is 208 g/mol. The van der Waals surface area contributed by atoms with E-state index in [2.05, 4.69) is 24.2 Å². The molecule has 2 rings (SSSR count). The van der Waals surface area contributed by atoms with Crippen molar-refractivity contribution in [2.75, 3.05) is 20.1 Å². The molecule has 0 radical (unpaired) electrons. The average molecular weight is 238 g/mol. The molecule has 1 saturated heterocycles. The van der Waals surface area contributed by atoms with Gasteiger partial charge in [0.1, 0.15) is 0 Å². The molecule has 1 N–H and O–H groups in total. The first-order valence-electron chi connectivity index (χ1n) is 7.71. The Kier molecular flexibility index (Phi) is 5.30. The third kappa shape index (κ3) is 3.69. The van der Waals surface area contributed by atoms with Crippen LogP contribution in [0.3, 0.4) is 0 Å². The summed E-state index contributed by atoms with van der Waals surface area (Å²) in [6, 6.07) is 1.78. The SMILES string of the molecule is CNCCC1CCCCN1C1CCC(C)CC1. The second-order valence-corrected chi connectivity index (χ2v) is 6.19. The van der Waals surface area contributed by atoms with Gasteiger partial charge in [-0.05, 0) is 71.0 Å². The van der Waals surface area contributed by atoms with Gasteiger partial charge in [0.25, 0.3) is 0 Å². The largest absolute Gasteiger partial charge is 0.320 e. The van der Waals surface area contributed by atoms with Crippen LogP contribution in [0.25, 0.3) is 0 Å². The molecule has 1 heterocycles. The van der Waals surface area contributed by atoms with E-state index in [4.69, 9.17) is 0 Å². The van der Waals surface area contributed by atoms with E-state index in [1.807, 2.05) is 0 Å². The molecule has 100 valence electrons. The lowest BCUT2D eigenvalue weighted by Gasteiger charge is -2.44. The van der Waals surface area contributed by atoms with Crippen LogP contribution in [0.1, 0.15) is 58.3 Å². The lowest BCUT2D eigenvalue weighted by Crippen LogP contribution is -2.48. The maximum absolute atomic E-state index is 3.32. The highest BCUT2D eigenvalue weighted by Crippen LogP contribution is 2.31. The number of rotatable bonds is 4. The predicted octanol–water partition coefficient (Wildman–Crippen LogP) is 3.03. The summed E-state index contributed by atoms with van der Waals surface area (Å²) < 4.78 is 0. The second kappa shape index (κ2) is 6.75. The Morgan fingerprint density at radius 3 is 2.53 bits per heavy atom. The standard InChI is InChI=1S/C15H30N2/c1-13-6-8-15(9-7-13)17-12-4-3-5-14(17)10-11-16-2/h13-16H,3-12H2,1-2H3. The number of hydrogen-bond acceptors (Lipinski definition) is 2. The van der Waals surface area contributed by atoms with Crippen LogP contribution in [0.5, 0.6) is 0 Å². The van der Waals surface area contributed by atoms with E-state index in [1.54, 1.807) is 0 Å². The third-order valence-corrected chi connectivity index (χ3v) is 4.85. The van der Waals surface area contributed by atoms with E-state index < -0.39 is 0 Å². The summed E-state index contributed by atoms with van der Waals surface area (Å²) in [6.45, 7) is 4.97. The zero-order chi connectivity index (χ0) is 12.1. The maximum atomic E-state index is 3.32. The van der Waals surface area contributed by atoms with Crippen LogP contribution in [0.4, 0.5) is 0 Å². The predicted molar refractivity (Wildman–Crippen MR) is 74.3 cm³/mol. The Balaban J connectivity index is 1.86. The monoisotopic (exact) mass is 238 g/mol. The molecule has 0 spiro atoms. The fourth-order valence-electron chi connectivity index (χ4n) is 3.70. The average Bonchev–Trinajstić information content (AvgIpc) is 2.38. The van der Waals surface area contributed by atoms with Crippen LogP contribution >= 0.6 is 0 Å². The highest BCUT2D eigenvalue weighted by Gasteiger charge is 2.30. The fraction of sp³-hybridized carbons (Fsp3) is 1.00. The van der Waals surface area contributed by atoms with E-state index in [1.165, 1.54) is 64.5 Å². The van der Waals surface area contributed by atoms with E-state index >= 15 is 0 Å². The highest BCUT2D eigenvalue weighted by atomic mass is 15.2. The molecule has 1 aliphatic carbocycles. The van der Waals surface area contributed by atoms with Crippen molar-refractivity contribution in [2.45, 2.75) is 70.4 Å². The van der Waals surface area contributed by atoms with Gasteiger partial charge in [0, 0.05) is 12.1 Å². The quantitative estimate of drug-likeness (QED) is 0.810. The summed E-state index contributed by atoms with van der Waals surface area (Å²) in [5.74, 6) is 0.979. The lowest BCUT2D eigenvalue weighted by atomic mass is 9.84. The van der Waals surface area contributed by atoms with Gasteiger partial charge >= 0.3 is 0 Å². The van der Waals surface area contributed by atoms with Gasteiger partial charge in [0.05, 0.1) is 0 Å². The van der Waals surface area contributed by atoms with Crippen LogP contribution in [-0.4, -0.2) is 37.1 Å². The number of nitrogens with zero attached hydrogens (tertiary/aromatic N) is 1. The Morgan fingerprint density at radius 1 is 1.06 bits per heavy atom. The zero-order valence-electron chi connectivity index (χ0n) is 11.8. The normalized spacial score (nSPS) is 36.0. The van der Waals surface area contributed by atoms with Gasteiger partial charge in [0.2, 0.25) is 0 Å². The van der Waals surface area contributed by atoms with Crippen molar-refractivity contribution in [3.63, 3.8) is 0 Å². The van der Waals surface area contributed by atoms with Crippen LogP contribution in [-0.2, 0) is 0 Å². The lowest BCUT2D eigenvalue weighted by molar-refractivity contribution is 0.0604. The topological polar surface area (TPSA) is 15.3 Å². The number of likely N-dealkylation sites (tertiary alicyclic amines) is 1. The van der Waals surface area contributed by atoms with Gasteiger partial charge in [-0.15, -0.1) is 0 Å². The van der Waals surface area contributed by atoms with Crippen molar-refractivity contribution >= 4 is 0 Å². The number of piperidine rings is 1. The molecule has 0 aromatic heterocycles. The van der Waals surface area contributed by atoms with Gasteiger partial charge < -0.3 is 5.32 Å². The van der Waals surface area contributed by atoms with Gasteiger partial charge in [-0.3, -0.25) is 4.90 Å². The van der Waals surface area contributed by atoms with E-state index in [0.717, 1.165) is 18.0 Å². The summed E-state index contributed by atoms with van der Waals surface area (Å²) in [6.07, 6.45) is 11.5. The molecule has 17 heavy (non-hydrogen) atoms. The summed E-state index contributed by atoms with van der Waals surface area (Å²) in [5.41, 5.74) is 0. The molecule has 1 saturated carbocycles. The van der Waals surface area contributed by atoms with Crippen molar-refractivity contribution in [1.29, 1.82) is 0 Å². The molecule has 1 aliphatic heterocycles. The Hall–Kier alpha value is -0.0800. The van der Waals surface area contributed by atoms with Gasteiger partial charge in [-0.1, -0.05) is 13.3 Å². The van der Waals surface area contributed by atoms with Gasteiger partial charge in [0.15, 0.2) is 0 Å². The number of nitrogens with one attached hydrogen (secondary N) is 1. The Bertz CT molecular complexity index is 204. The summed E-state index contributed by atoms with van der Waals surface area (Å²) in [4.78, 5) is 2.87. The fourth-order valence-corrected chi connectivity index (χ4v) is 3.70. The first kappa shape index (κ1) is 13.4. The van der Waals surface area contributed by atoms with E-state index in [9.17, 15) is 0 Å². The molecule has 1 atom stereocenters. The van der Waals surface area contributed by atoms with Crippen molar-refractivity contribution in [1.82, 2.24) is 10.2 Å². The molecule has 2 aliphatic rings. The molecule has 2 nitrogen and oxygen atoms in total. The smallest absolute Gasteiger partial charge is 0.0110 e. The van der Waals surface area contributed by atoms with Crippen molar-refractivity contribution in [3.8, 4) is 0 Å². The molecule has 0 aromatic carbocycles. The minimum Gasteiger partial charge on any atom is -0.320 e. The first-order chi connectivity index (χ1) is 8.31. The first-order valence-corrected chi connectivity index (χ1v) is 7.71. The highest BCUT2D eigenvalue weighted by molar-refractivity contribution is 4.86. The van der Waals surface area contributed by atoms with E-state index in [-0.39, 0.29) is 0 Å². The van der Waals surface area contributed by atoms with Gasteiger partial charge in [-0.25, -0.2) is 0 Å². The Morgan fingerprint density at radius 2 is 1.82 bits per heavy atom. The summed E-state index contributed by atoms with van der Waals surface area (Å²) >= 11 is 0. The van der Waals surface area contributed by atoms with Crippen LogP contribution in [0, 0.1) is 5.92 Å². The second-order valence-electron chi connectivity index (χ2n) is 6.19. The third-order valence-electron chi connectivity index (χ3n) is 4.85. The molecule has 0 bridgehead atoms. The molecule has 1 unspecified atom stereocenters. The zero-order valence-corrected chi connectivity index (χ0v) is 11.8. The molecular formula is C15H30N2. The molecule has 0 aromatic rings. The minimum atomic E-state index is 0.870. The van der Waals surface area contributed by atoms with Gasteiger partial charge in [-0.2, -0.15) is 0 Å². The van der Waals surface area contributed by atoms with Crippen molar-refractivity contribution in [3.05, 3.63) is 0 Å². The number of hydrogen-bond donors (Lipinski definition) is 1. The summed E-state index contributed by atoms with van der Waals surface area (Å²) in [7, 11) is 2.08. The maximum Gasteiger partial charge on any atom is 0.0110 e. The van der Waals surface area contributed by atoms with Crippen LogP contribution < -0.4 is 5.32 Å². The molecule has 2 fully saturated rings. The summed E-state index contributed by atoms with van der Waals surface area (Å²) in [5, 5.41) is 3.32. The minimum absolute atomic E-state index is 0.870. The van der Waals surface area contributed by atoms with Crippen LogP contribution in [0.2, 0.25) is 0 Å². The van der Waals surface area contributed by atoms with Crippen molar-refractivity contribution < 1.29 is 0 Å². The Labute approximate surface area is 107 Å². The van der Waals surface area contributed by atoms with E-state index in [0.29, 0.717) is 0 Å². The molecule has 0 amide bonds.